The van der Waals surface area contributed by atoms with Crippen molar-refractivity contribution in [3.63, 3.8) is 0 Å². The Kier molecular flexibility index (Phi) is 7.48. The lowest BCUT2D eigenvalue weighted by molar-refractivity contribution is -0.125. The molecule has 0 aliphatic carbocycles. The summed E-state index contributed by atoms with van der Waals surface area (Å²) in [6, 6.07) is 11.8. The van der Waals surface area contributed by atoms with Crippen LogP contribution >= 0.6 is 23.4 Å². The van der Waals surface area contributed by atoms with Crippen LogP contribution in [0.2, 0.25) is 5.02 Å². The van der Waals surface area contributed by atoms with Gasteiger partial charge in [-0.15, -0.1) is 11.8 Å². The molecular formula is C20H22ClN3O3S. The van der Waals surface area contributed by atoms with E-state index < -0.39 is 0 Å². The van der Waals surface area contributed by atoms with E-state index >= 15 is 0 Å². The molecule has 0 heterocycles. The lowest BCUT2D eigenvalue weighted by atomic mass is 10.1. The Morgan fingerprint density at radius 3 is 2.29 bits per heavy atom. The number of amides is 3. The van der Waals surface area contributed by atoms with Crippen LogP contribution in [0.25, 0.3) is 0 Å². The normalized spacial score (nSPS) is 10.3. The first kappa shape index (κ1) is 21.8. The van der Waals surface area contributed by atoms with Crippen molar-refractivity contribution in [3.8, 4) is 0 Å². The minimum atomic E-state index is -0.328. The molecule has 8 heteroatoms. The van der Waals surface area contributed by atoms with Gasteiger partial charge in [0, 0.05) is 38.8 Å². The van der Waals surface area contributed by atoms with Gasteiger partial charge in [0.2, 0.25) is 5.91 Å². The van der Waals surface area contributed by atoms with Gasteiger partial charge in [-0.05, 0) is 30.3 Å². The largest absolute Gasteiger partial charge is 0.348 e. The predicted octanol–water partition coefficient (Wildman–Crippen LogP) is 3.47. The number of carbonyl (C=O) groups is 3. The summed E-state index contributed by atoms with van der Waals surface area (Å²) in [6.45, 7) is 0. The van der Waals surface area contributed by atoms with Crippen molar-refractivity contribution < 1.29 is 14.4 Å². The molecule has 0 saturated heterocycles. The molecule has 3 amide bonds. The molecule has 0 radical (unpaired) electrons. The fourth-order valence-electron chi connectivity index (χ4n) is 2.25. The molecule has 0 atom stereocenters. The molecule has 28 heavy (non-hydrogen) atoms. The van der Waals surface area contributed by atoms with Crippen LogP contribution in [-0.4, -0.2) is 61.5 Å². The third-order valence-electron chi connectivity index (χ3n) is 3.84. The minimum absolute atomic E-state index is 0.0373. The molecule has 0 aromatic heterocycles. The first-order chi connectivity index (χ1) is 13.2. The third kappa shape index (κ3) is 5.50. The Bertz CT molecular complexity index is 900. The van der Waals surface area contributed by atoms with Gasteiger partial charge in [0.05, 0.1) is 21.9 Å². The highest BCUT2D eigenvalue weighted by molar-refractivity contribution is 8.00. The lowest BCUT2D eigenvalue weighted by Gasteiger charge is -2.14. The molecule has 0 unspecified atom stereocenters. The first-order valence-electron chi connectivity index (χ1n) is 8.45. The molecular weight excluding hydrogens is 398 g/mol. The standard InChI is InChI=1S/C20H22ClN3O3S/c1-23(2)18(25)12-28-17-8-6-5-7-14(17)19(26)22-13-9-10-16(21)15(11-13)20(27)24(3)4/h5-11H,12H2,1-4H3,(H,22,26). The van der Waals surface area contributed by atoms with E-state index in [2.05, 4.69) is 5.32 Å². The van der Waals surface area contributed by atoms with Crippen LogP contribution in [0.3, 0.4) is 0 Å². The summed E-state index contributed by atoms with van der Waals surface area (Å²) in [7, 11) is 6.64. The molecule has 0 fully saturated rings. The average molecular weight is 420 g/mol. The summed E-state index contributed by atoms with van der Waals surface area (Å²) < 4.78 is 0. The molecule has 0 saturated carbocycles. The molecule has 0 spiro atoms. The van der Waals surface area contributed by atoms with Crippen LogP contribution in [0.15, 0.2) is 47.4 Å². The maximum absolute atomic E-state index is 12.8. The van der Waals surface area contributed by atoms with Crippen molar-refractivity contribution in [3.05, 3.63) is 58.6 Å². The van der Waals surface area contributed by atoms with E-state index in [1.54, 1.807) is 64.6 Å². The molecule has 0 aliphatic heterocycles. The second-order valence-electron chi connectivity index (χ2n) is 6.42. The van der Waals surface area contributed by atoms with Gasteiger partial charge >= 0.3 is 0 Å². The Hall–Kier alpha value is -2.51. The summed E-state index contributed by atoms with van der Waals surface area (Å²) in [6.07, 6.45) is 0. The van der Waals surface area contributed by atoms with Crippen molar-refractivity contribution in [2.24, 2.45) is 0 Å². The summed E-state index contributed by atoms with van der Waals surface area (Å²) >= 11 is 7.41. The molecule has 2 aromatic carbocycles. The van der Waals surface area contributed by atoms with Crippen molar-refractivity contribution in [2.75, 3.05) is 39.3 Å². The number of hydrogen-bond donors (Lipinski definition) is 1. The zero-order valence-electron chi connectivity index (χ0n) is 16.2. The van der Waals surface area contributed by atoms with Gasteiger partial charge in [-0.2, -0.15) is 0 Å². The van der Waals surface area contributed by atoms with Crippen molar-refractivity contribution in [2.45, 2.75) is 4.90 Å². The first-order valence-corrected chi connectivity index (χ1v) is 9.81. The quantitative estimate of drug-likeness (QED) is 0.728. The van der Waals surface area contributed by atoms with Gasteiger partial charge in [-0.1, -0.05) is 23.7 Å². The van der Waals surface area contributed by atoms with Crippen LogP contribution in [0.5, 0.6) is 0 Å². The average Bonchev–Trinajstić information content (AvgIpc) is 2.66. The minimum Gasteiger partial charge on any atom is -0.348 e. The summed E-state index contributed by atoms with van der Waals surface area (Å²) in [5.74, 6) is -0.380. The molecule has 2 aromatic rings. The zero-order valence-corrected chi connectivity index (χ0v) is 17.7. The zero-order chi connectivity index (χ0) is 20.8. The SMILES string of the molecule is CN(C)C(=O)CSc1ccccc1C(=O)Nc1ccc(Cl)c(C(=O)N(C)C)c1. The molecule has 0 bridgehead atoms. The molecule has 2 rings (SSSR count). The number of carbonyl (C=O) groups excluding carboxylic acids is 3. The van der Waals surface area contributed by atoms with E-state index in [0.717, 1.165) is 0 Å². The lowest BCUT2D eigenvalue weighted by Crippen LogP contribution is -2.23. The van der Waals surface area contributed by atoms with Crippen molar-refractivity contribution in [1.82, 2.24) is 9.80 Å². The van der Waals surface area contributed by atoms with Crippen LogP contribution in [0, 0.1) is 0 Å². The number of anilines is 1. The Morgan fingerprint density at radius 1 is 0.964 bits per heavy atom. The number of halogens is 1. The van der Waals surface area contributed by atoms with Crippen molar-refractivity contribution in [1.29, 1.82) is 0 Å². The van der Waals surface area contributed by atoms with Gasteiger partial charge in [0.15, 0.2) is 0 Å². The number of benzene rings is 2. The fraction of sp³-hybridized carbons (Fsp3) is 0.250. The molecule has 1 N–H and O–H groups in total. The number of nitrogens with zero attached hydrogens (tertiary/aromatic N) is 2. The third-order valence-corrected chi connectivity index (χ3v) is 5.23. The molecule has 0 aliphatic rings. The monoisotopic (exact) mass is 419 g/mol. The number of nitrogens with one attached hydrogen (secondary N) is 1. The molecule has 6 nitrogen and oxygen atoms in total. The number of rotatable bonds is 6. The van der Waals surface area contributed by atoms with Gasteiger partial charge in [0.25, 0.3) is 11.8 Å². The number of thioether (sulfide) groups is 1. The fourth-order valence-corrected chi connectivity index (χ4v) is 3.48. The van der Waals surface area contributed by atoms with Crippen LogP contribution in [-0.2, 0) is 4.79 Å². The topological polar surface area (TPSA) is 69.7 Å². The highest BCUT2D eigenvalue weighted by Gasteiger charge is 2.16. The van der Waals surface area contributed by atoms with Crippen LogP contribution in [0.4, 0.5) is 5.69 Å². The Morgan fingerprint density at radius 2 is 1.64 bits per heavy atom. The van der Waals surface area contributed by atoms with E-state index in [-0.39, 0.29) is 23.5 Å². The maximum Gasteiger partial charge on any atom is 0.256 e. The van der Waals surface area contributed by atoms with E-state index in [1.165, 1.54) is 21.6 Å². The van der Waals surface area contributed by atoms with E-state index in [0.29, 0.717) is 26.7 Å². The summed E-state index contributed by atoms with van der Waals surface area (Å²) in [5, 5.41) is 3.11. The van der Waals surface area contributed by atoms with E-state index in [1.807, 2.05) is 6.07 Å². The summed E-state index contributed by atoms with van der Waals surface area (Å²) in [5.41, 5.74) is 1.22. The van der Waals surface area contributed by atoms with Gasteiger partial charge in [0.1, 0.15) is 0 Å². The van der Waals surface area contributed by atoms with Gasteiger partial charge < -0.3 is 15.1 Å². The van der Waals surface area contributed by atoms with Gasteiger partial charge in [-0.3, -0.25) is 14.4 Å². The highest BCUT2D eigenvalue weighted by Crippen LogP contribution is 2.25. The Balaban J connectivity index is 2.21. The smallest absolute Gasteiger partial charge is 0.256 e. The highest BCUT2D eigenvalue weighted by atomic mass is 35.5. The second-order valence-corrected chi connectivity index (χ2v) is 7.85. The van der Waals surface area contributed by atoms with E-state index in [4.69, 9.17) is 11.6 Å². The summed E-state index contributed by atoms with van der Waals surface area (Å²) in [4.78, 5) is 40.4. The maximum atomic E-state index is 12.8. The second kappa shape index (κ2) is 9.61. The van der Waals surface area contributed by atoms with Crippen molar-refractivity contribution >= 4 is 46.8 Å². The predicted molar refractivity (Wildman–Crippen MR) is 113 cm³/mol. The molecule has 148 valence electrons. The van der Waals surface area contributed by atoms with Gasteiger partial charge in [-0.25, -0.2) is 0 Å². The van der Waals surface area contributed by atoms with E-state index in [9.17, 15) is 14.4 Å². The van der Waals surface area contributed by atoms with Crippen LogP contribution < -0.4 is 5.32 Å². The number of hydrogen-bond acceptors (Lipinski definition) is 4. The Labute approximate surface area is 173 Å². The van der Waals surface area contributed by atoms with Crippen LogP contribution in [0.1, 0.15) is 20.7 Å².